The van der Waals surface area contributed by atoms with Crippen LogP contribution in [0.3, 0.4) is 0 Å². The molecule has 1 aliphatic rings. The van der Waals surface area contributed by atoms with Crippen LogP contribution in [-0.4, -0.2) is 10.8 Å². The molecule has 0 atom stereocenters. The largest absolute Gasteiger partial charge is 0.375 e. The van der Waals surface area contributed by atoms with Crippen LogP contribution < -0.4 is 10.6 Å². The Morgan fingerprint density at radius 2 is 2.08 bits per heavy atom. The maximum Gasteiger partial charge on any atom is 0.292 e. The Labute approximate surface area is 147 Å². The second-order valence-electron chi connectivity index (χ2n) is 5.76. The molecule has 0 spiro atoms. The van der Waals surface area contributed by atoms with E-state index < -0.39 is 4.92 Å². The van der Waals surface area contributed by atoms with Crippen molar-refractivity contribution in [2.24, 2.45) is 0 Å². The number of nitro benzene ring substituents is 1. The summed E-state index contributed by atoms with van der Waals surface area (Å²) in [5.41, 5.74) is 4.01. The number of carbonyl (C=O) groups is 1. The molecule has 0 aromatic heterocycles. The van der Waals surface area contributed by atoms with Crippen molar-refractivity contribution in [1.82, 2.24) is 0 Å². The molecule has 7 heteroatoms. The highest BCUT2D eigenvalue weighted by Crippen LogP contribution is 2.34. The van der Waals surface area contributed by atoms with Gasteiger partial charge in [0.05, 0.1) is 4.92 Å². The summed E-state index contributed by atoms with van der Waals surface area (Å²) in [6.45, 7) is 2.45. The second-order valence-corrected chi connectivity index (χ2v) is 6.67. The quantitative estimate of drug-likeness (QED) is 0.607. The Kier molecular flexibility index (Phi) is 4.53. The van der Waals surface area contributed by atoms with Crippen molar-refractivity contribution in [3.8, 4) is 0 Å². The third-order valence-corrected chi connectivity index (χ3v) is 4.59. The number of anilines is 2. The molecule has 0 saturated heterocycles. The maximum absolute atomic E-state index is 11.5. The first-order chi connectivity index (χ1) is 11.4. The normalized spacial score (nSPS) is 13.2. The van der Waals surface area contributed by atoms with Crippen molar-refractivity contribution in [2.75, 3.05) is 10.6 Å². The number of carbonyl (C=O) groups excluding carboxylic acids is 1. The highest BCUT2D eigenvalue weighted by molar-refractivity contribution is 9.10. The van der Waals surface area contributed by atoms with E-state index in [0.29, 0.717) is 30.8 Å². The lowest BCUT2D eigenvalue weighted by molar-refractivity contribution is -0.384. The average Bonchev–Trinajstić information content (AvgIpc) is 2.54. The summed E-state index contributed by atoms with van der Waals surface area (Å²) < 4.78 is 0.956. The van der Waals surface area contributed by atoms with Crippen LogP contribution >= 0.6 is 15.9 Å². The summed E-state index contributed by atoms with van der Waals surface area (Å²) in [6, 6.07) is 9.12. The van der Waals surface area contributed by atoms with Crippen molar-refractivity contribution in [3.05, 3.63) is 61.6 Å². The number of aryl methyl sites for hydroxylation is 2. The van der Waals surface area contributed by atoms with Gasteiger partial charge in [0, 0.05) is 29.2 Å². The first kappa shape index (κ1) is 16.4. The zero-order chi connectivity index (χ0) is 17.3. The van der Waals surface area contributed by atoms with Crippen molar-refractivity contribution in [3.63, 3.8) is 0 Å². The van der Waals surface area contributed by atoms with E-state index in [-0.39, 0.29) is 11.6 Å². The van der Waals surface area contributed by atoms with Gasteiger partial charge < -0.3 is 10.6 Å². The van der Waals surface area contributed by atoms with Gasteiger partial charge in [-0.25, -0.2) is 0 Å². The molecule has 124 valence electrons. The fraction of sp³-hybridized carbons (Fsp3) is 0.235. The zero-order valence-electron chi connectivity index (χ0n) is 13.1. The van der Waals surface area contributed by atoms with Crippen molar-refractivity contribution in [2.45, 2.75) is 26.3 Å². The number of nitrogens with one attached hydrogen (secondary N) is 2. The Morgan fingerprint density at radius 3 is 2.83 bits per heavy atom. The van der Waals surface area contributed by atoms with Gasteiger partial charge in [-0.1, -0.05) is 22.0 Å². The Hall–Kier alpha value is -2.41. The Morgan fingerprint density at radius 1 is 1.29 bits per heavy atom. The van der Waals surface area contributed by atoms with E-state index in [0.717, 1.165) is 21.2 Å². The van der Waals surface area contributed by atoms with E-state index in [9.17, 15) is 14.9 Å². The van der Waals surface area contributed by atoms with Gasteiger partial charge in [0.1, 0.15) is 5.69 Å². The van der Waals surface area contributed by atoms with Gasteiger partial charge in [-0.3, -0.25) is 14.9 Å². The van der Waals surface area contributed by atoms with E-state index in [4.69, 9.17) is 0 Å². The van der Waals surface area contributed by atoms with Crippen LogP contribution in [0.15, 0.2) is 34.8 Å². The van der Waals surface area contributed by atoms with E-state index in [1.165, 1.54) is 0 Å². The minimum Gasteiger partial charge on any atom is -0.375 e. The molecule has 6 nitrogen and oxygen atoms in total. The van der Waals surface area contributed by atoms with Gasteiger partial charge in [0.2, 0.25) is 5.91 Å². The van der Waals surface area contributed by atoms with Crippen LogP contribution in [0, 0.1) is 17.0 Å². The number of hydrogen-bond donors (Lipinski definition) is 2. The lowest BCUT2D eigenvalue weighted by Gasteiger charge is -2.18. The molecule has 0 aliphatic carbocycles. The SMILES string of the molecule is Cc1ccc(Br)cc1CNc1cc2c(cc1[N+](=O)[O-])CCC(=O)N2. The smallest absolute Gasteiger partial charge is 0.292 e. The number of fused-ring (bicyclic) bond motifs is 1. The fourth-order valence-electron chi connectivity index (χ4n) is 2.73. The summed E-state index contributed by atoms with van der Waals surface area (Å²) in [5, 5.41) is 17.3. The standard InChI is InChI=1S/C17H16BrN3O3/c1-10-2-4-13(18)6-12(10)9-19-15-8-14-11(3-5-17(22)20-14)7-16(15)21(23)24/h2,4,6-8,19H,3,5,9H2,1H3,(H,20,22). The molecule has 0 saturated carbocycles. The monoisotopic (exact) mass is 389 g/mol. The predicted molar refractivity (Wildman–Crippen MR) is 96.3 cm³/mol. The molecule has 1 aliphatic heterocycles. The summed E-state index contributed by atoms with van der Waals surface area (Å²) in [5.74, 6) is -0.0647. The lowest BCUT2D eigenvalue weighted by Crippen LogP contribution is -2.19. The zero-order valence-corrected chi connectivity index (χ0v) is 14.6. The van der Waals surface area contributed by atoms with Crippen LogP contribution in [0.4, 0.5) is 17.1 Å². The molecule has 1 amide bonds. The van der Waals surface area contributed by atoms with Crippen LogP contribution in [0.25, 0.3) is 0 Å². The first-order valence-electron chi connectivity index (χ1n) is 7.54. The number of hydrogen-bond acceptors (Lipinski definition) is 4. The third kappa shape index (κ3) is 3.41. The molecule has 0 radical (unpaired) electrons. The van der Waals surface area contributed by atoms with Crippen molar-refractivity contribution < 1.29 is 9.72 Å². The summed E-state index contributed by atoms with van der Waals surface area (Å²) in [7, 11) is 0. The number of rotatable bonds is 4. The minimum absolute atomic E-state index is 0.0255. The van der Waals surface area contributed by atoms with E-state index >= 15 is 0 Å². The first-order valence-corrected chi connectivity index (χ1v) is 8.33. The summed E-state index contributed by atoms with van der Waals surface area (Å²) >= 11 is 3.43. The number of halogens is 1. The molecule has 0 fully saturated rings. The highest BCUT2D eigenvalue weighted by atomic mass is 79.9. The minimum atomic E-state index is -0.396. The van der Waals surface area contributed by atoms with Gasteiger partial charge in [-0.05, 0) is 48.2 Å². The third-order valence-electron chi connectivity index (χ3n) is 4.09. The molecule has 2 aromatic carbocycles. The van der Waals surface area contributed by atoms with Crippen LogP contribution in [-0.2, 0) is 17.8 Å². The molecular weight excluding hydrogens is 374 g/mol. The van der Waals surface area contributed by atoms with E-state index in [2.05, 4.69) is 26.6 Å². The van der Waals surface area contributed by atoms with Crippen molar-refractivity contribution in [1.29, 1.82) is 0 Å². The van der Waals surface area contributed by atoms with E-state index in [1.807, 2.05) is 25.1 Å². The van der Waals surface area contributed by atoms with Gasteiger partial charge in [-0.15, -0.1) is 0 Å². The molecule has 3 rings (SSSR count). The molecule has 2 N–H and O–H groups in total. The van der Waals surface area contributed by atoms with Gasteiger partial charge >= 0.3 is 0 Å². The van der Waals surface area contributed by atoms with Crippen LogP contribution in [0.1, 0.15) is 23.1 Å². The molecule has 0 bridgehead atoms. The maximum atomic E-state index is 11.5. The number of amides is 1. The molecular formula is C17H16BrN3O3. The number of benzene rings is 2. The number of nitro groups is 1. The molecule has 24 heavy (non-hydrogen) atoms. The van der Waals surface area contributed by atoms with Gasteiger partial charge in [0.15, 0.2) is 0 Å². The number of nitrogens with zero attached hydrogens (tertiary/aromatic N) is 1. The second kappa shape index (κ2) is 6.60. The molecule has 1 heterocycles. The fourth-order valence-corrected chi connectivity index (χ4v) is 3.14. The molecule has 0 unspecified atom stereocenters. The molecule has 2 aromatic rings. The van der Waals surface area contributed by atoms with Crippen molar-refractivity contribution >= 4 is 38.9 Å². The Bertz CT molecular complexity index is 836. The summed E-state index contributed by atoms with van der Waals surface area (Å²) in [4.78, 5) is 22.5. The summed E-state index contributed by atoms with van der Waals surface area (Å²) in [6.07, 6.45) is 0.876. The lowest BCUT2D eigenvalue weighted by atomic mass is 10.0. The van der Waals surface area contributed by atoms with Gasteiger partial charge in [-0.2, -0.15) is 0 Å². The average molecular weight is 390 g/mol. The van der Waals surface area contributed by atoms with Gasteiger partial charge in [0.25, 0.3) is 5.69 Å². The topological polar surface area (TPSA) is 84.3 Å². The predicted octanol–water partition coefficient (Wildman–Crippen LogP) is 4.16. The highest BCUT2D eigenvalue weighted by Gasteiger charge is 2.22. The Balaban J connectivity index is 1.91. The van der Waals surface area contributed by atoms with Crippen LogP contribution in [0.2, 0.25) is 0 Å². The van der Waals surface area contributed by atoms with Crippen LogP contribution in [0.5, 0.6) is 0 Å². The van der Waals surface area contributed by atoms with E-state index in [1.54, 1.807) is 12.1 Å².